The molecule has 0 radical (unpaired) electrons. The minimum atomic E-state index is 0.632. The van der Waals surface area contributed by atoms with Gasteiger partial charge in [-0.05, 0) is 53.6 Å². The minimum absolute atomic E-state index is 0.632. The first-order chi connectivity index (χ1) is 24.8. The van der Waals surface area contributed by atoms with Crippen molar-refractivity contribution in [3.05, 3.63) is 170 Å². The zero-order valence-electron chi connectivity index (χ0n) is 26.9. The number of fused-ring (bicyclic) bond motifs is 6. The number of nitrogens with zero attached hydrogens (tertiary/aromatic N) is 4. The van der Waals surface area contributed by atoms with Crippen molar-refractivity contribution in [2.24, 2.45) is 0 Å². The summed E-state index contributed by atoms with van der Waals surface area (Å²) >= 11 is 0. The van der Waals surface area contributed by atoms with Gasteiger partial charge in [0, 0.05) is 43.9 Å². The Morgan fingerprint density at radius 3 is 1.58 bits per heavy atom. The summed E-state index contributed by atoms with van der Waals surface area (Å²) in [5, 5.41) is 4.63. The Balaban J connectivity index is 1.11. The van der Waals surface area contributed by atoms with Gasteiger partial charge in [-0.1, -0.05) is 127 Å². The highest BCUT2D eigenvalue weighted by atomic mass is 16.3. The van der Waals surface area contributed by atoms with E-state index in [2.05, 4.69) is 102 Å². The van der Waals surface area contributed by atoms with E-state index in [9.17, 15) is 0 Å². The number of benzene rings is 7. The molecule has 0 amide bonds. The van der Waals surface area contributed by atoms with Crippen molar-refractivity contribution in [2.45, 2.75) is 0 Å². The number of furan rings is 1. The Kier molecular flexibility index (Phi) is 6.42. The van der Waals surface area contributed by atoms with Crippen molar-refractivity contribution in [2.75, 3.05) is 0 Å². The normalized spacial score (nSPS) is 11.6. The van der Waals surface area contributed by atoms with Gasteiger partial charge < -0.3 is 8.98 Å². The lowest BCUT2D eigenvalue weighted by Crippen LogP contribution is -2.00. The summed E-state index contributed by atoms with van der Waals surface area (Å²) in [7, 11) is 0. The Hall–Kier alpha value is -6.85. The standard InChI is InChI=1S/C45H28N4O/c1-3-11-30(12-4-1)43-46-44(31-13-5-2-6-14-31)48-45(47-43)33-22-25-36-35-15-7-9-17-39(35)49(40(36)27-33)34-23-19-29(20-24-34)32-21-26-38-37-16-8-10-18-41(37)50-42(38)28-32/h1-28H. The number of aromatic nitrogens is 4. The summed E-state index contributed by atoms with van der Waals surface area (Å²) in [6.07, 6.45) is 0. The molecule has 0 saturated heterocycles. The molecule has 0 saturated carbocycles. The van der Waals surface area contributed by atoms with Crippen LogP contribution in [0.25, 0.3) is 94.7 Å². The quantitative estimate of drug-likeness (QED) is 0.188. The van der Waals surface area contributed by atoms with Gasteiger partial charge in [0.1, 0.15) is 11.2 Å². The van der Waals surface area contributed by atoms with Crippen LogP contribution < -0.4 is 0 Å². The predicted molar refractivity (Wildman–Crippen MR) is 203 cm³/mol. The summed E-state index contributed by atoms with van der Waals surface area (Å²) < 4.78 is 8.52. The van der Waals surface area contributed by atoms with Crippen LogP contribution in [0.4, 0.5) is 0 Å². The second kappa shape index (κ2) is 11.4. The number of rotatable bonds is 5. The zero-order valence-corrected chi connectivity index (χ0v) is 26.9. The zero-order chi connectivity index (χ0) is 33.0. The SMILES string of the molecule is c1ccc(-c2nc(-c3ccccc3)nc(-c3ccc4c5ccccc5n(-c5ccc(-c6ccc7c(c6)oc6ccccc67)cc5)c4c3)n2)cc1. The molecule has 3 heterocycles. The second-order valence-corrected chi connectivity index (χ2v) is 12.5. The third-order valence-corrected chi connectivity index (χ3v) is 9.47. The number of hydrogen-bond acceptors (Lipinski definition) is 4. The molecule has 50 heavy (non-hydrogen) atoms. The van der Waals surface area contributed by atoms with Crippen LogP contribution in [-0.4, -0.2) is 19.5 Å². The molecule has 5 heteroatoms. The van der Waals surface area contributed by atoms with Gasteiger partial charge in [-0.2, -0.15) is 0 Å². The van der Waals surface area contributed by atoms with Gasteiger partial charge >= 0.3 is 0 Å². The molecule has 0 unspecified atom stereocenters. The average Bonchev–Trinajstić information content (AvgIpc) is 3.73. The molecule has 0 aliphatic rings. The van der Waals surface area contributed by atoms with Gasteiger partial charge in [-0.25, -0.2) is 15.0 Å². The van der Waals surface area contributed by atoms with Crippen molar-refractivity contribution < 1.29 is 4.42 Å². The van der Waals surface area contributed by atoms with Crippen LogP contribution in [0, 0.1) is 0 Å². The molecule has 5 nitrogen and oxygen atoms in total. The molecular weight excluding hydrogens is 613 g/mol. The maximum absolute atomic E-state index is 6.19. The molecule has 10 rings (SSSR count). The first-order valence-corrected chi connectivity index (χ1v) is 16.7. The van der Waals surface area contributed by atoms with E-state index in [0.29, 0.717) is 17.5 Å². The van der Waals surface area contributed by atoms with Crippen molar-refractivity contribution >= 4 is 43.7 Å². The van der Waals surface area contributed by atoms with E-state index >= 15 is 0 Å². The number of para-hydroxylation sites is 2. The van der Waals surface area contributed by atoms with Crippen molar-refractivity contribution in [3.8, 4) is 51.0 Å². The highest BCUT2D eigenvalue weighted by Gasteiger charge is 2.17. The topological polar surface area (TPSA) is 56.7 Å². The molecule has 234 valence electrons. The predicted octanol–water partition coefficient (Wildman–Crippen LogP) is 11.5. The summed E-state index contributed by atoms with van der Waals surface area (Å²) in [6, 6.07) is 58.7. The van der Waals surface area contributed by atoms with Gasteiger partial charge in [0.2, 0.25) is 0 Å². The van der Waals surface area contributed by atoms with Gasteiger partial charge in [-0.3, -0.25) is 0 Å². The Bertz CT molecular complexity index is 2800. The van der Waals surface area contributed by atoms with Gasteiger partial charge in [0.15, 0.2) is 17.5 Å². The van der Waals surface area contributed by atoms with Crippen LogP contribution in [0.5, 0.6) is 0 Å². The van der Waals surface area contributed by atoms with E-state index in [-0.39, 0.29) is 0 Å². The van der Waals surface area contributed by atoms with Crippen LogP contribution in [0.1, 0.15) is 0 Å². The van der Waals surface area contributed by atoms with Crippen LogP contribution in [-0.2, 0) is 0 Å². The molecule has 0 aliphatic heterocycles. The lowest BCUT2D eigenvalue weighted by molar-refractivity contribution is 0.669. The average molecular weight is 641 g/mol. The molecular formula is C45H28N4O. The second-order valence-electron chi connectivity index (χ2n) is 12.5. The van der Waals surface area contributed by atoms with Gasteiger partial charge in [0.25, 0.3) is 0 Å². The lowest BCUT2D eigenvalue weighted by atomic mass is 10.0. The van der Waals surface area contributed by atoms with Crippen LogP contribution in [0.15, 0.2) is 174 Å². The molecule has 0 spiro atoms. The first kappa shape index (κ1) is 28.2. The minimum Gasteiger partial charge on any atom is -0.456 e. The Morgan fingerprint density at radius 2 is 0.860 bits per heavy atom. The first-order valence-electron chi connectivity index (χ1n) is 16.7. The third kappa shape index (κ3) is 4.67. The fraction of sp³-hybridized carbons (Fsp3) is 0. The maximum atomic E-state index is 6.19. The molecule has 0 N–H and O–H groups in total. The van der Waals surface area contributed by atoms with E-state index in [1.54, 1.807) is 0 Å². The Labute approximate surface area is 287 Å². The fourth-order valence-corrected chi connectivity index (χ4v) is 7.03. The molecule has 0 atom stereocenters. The lowest BCUT2D eigenvalue weighted by Gasteiger charge is -2.11. The molecule has 0 fully saturated rings. The van der Waals surface area contributed by atoms with E-state index in [4.69, 9.17) is 19.4 Å². The molecule has 3 aromatic heterocycles. The largest absolute Gasteiger partial charge is 0.456 e. The fourth-order valence-electron chi connectivity index (χ4n) is 7.03. The Morgan fingerprint density at radius 1 is 0.340 bits per heavy atom. The molecule has 10 aromatic rings. The molecule has 7 aromatic carbocycles. The van der Waals surface area contributed by atoms with E-state index in [1.165, 1.54) is 10.8 Å². The summed E-state index contributed by atoms with van der Waals surface area (Å²) in [5.41, 5.74) is 10.2. The van der Waals surface area contributed by atoms with Crippen LogP contribution in [0.3, 0.4) is 0 Å². The molecule has 0 aliphatic carbocycles. The van der Waals surface area contributed by atoms with Gasteiger partial charge in [0.05, 0.1) is 11.0 Å². The van der Waals surface area contributed by atoms with E-state index in [0.717, 1.165) is 66.5 Å². The summed E-state index contributed by atoms with van der Waals surface area (Å²) in [6.45, 7) is 0. The summed E-state index contributed by atoms with van der Waals surface area (Å²) in [4.78, 5) is 14.9. The van der Waals surface area contributed by atoms with Crippen molar-refractivity contribution in [1.29, 1.82) is 0 Å². The maximum Gasteiger partial charge on any atom is 0.164 e. The highest BCUT2D eigenvalue weighted by Crippen LogP contribution is 2.36. The smallest absolute Gasteiger partial charge is 0.164 e. The van der Waals surface area contributed by atoms with Gasteiger partial charge in [-0.15, -0.1) is 0 Å². The van der Waals surface area contributed by atoms with E-state index in [1.807, 2.05) is 72.8 Å². The van der Waals surface area contributed by atoms with Crippen LogP contribution in [0.2, 0.25) is 0 Å². The molecule has 0 bridgehead atoms. The van der Waals surface area contributed by atoms with Crippen LogP contribution >= 0.6 is 0 Å². The van der Waals surface area contributed by atoms with E-state index < -0.39 is 0 Å². The van der Waals surface area contributed by atoms with Crippen molar-refractivity contribution in [3.63, 3.8) is 0 Å². The third-order valence-electron chi connectivity index (χ3n) is 9.47. The number of hydrogen-bond donors (Lipinski definition) is 0. The van der Waals surface area contributed by atoms with Crippen molar-refractivity contribution in [1.82, 2.24) is 19.5 Å². The summed E-state index contributed by atoms with van der Waals surface area (Å²) in [5.74, 6) is 1.92. The monoisotopic (exact) mass is 640 g/mol. The highest BCUT2D eigenvalue weighted by molar-refractivity contribution is 6.10.